The van der Waals surface area contributed by atoms with Crippen LogP contribution in [0.25, 0.3) is 10.9 Å². The molecule has 1 aromatic heterocycles. The van der Waals surface area contributed by atoms with Gasteiger partial charge >= 0.3 is 5.97 Å². The number of H-pyrrole nitrogens is 1. The number of ether oxygens (including phenoxy) is 1. The Kier molecular flexibility index (Phi) is 2.34. The highest BCUT2D eigenvalue weighted by atomic mass is 16.5. The molecule has 0 aliphatic heterocycles. The number of fused-ring (bicyclic) bond motifs is 1. The predicted molar refractivity (Wildman–Crippen MR) is 60.6 cm³/mol. The van der Waals surface area contributed by atoms with Crippen LogP contribution in [0.1, 0.15) is 13.8 Å². The van der Waals surface area contributed by atoms with E-state index in [4.69, 9.17) is 9.84 Å². The summed E-state index contributed by atoms with van der Waals surface area (Å²) in [7, 11) is 0. The molecule has 0 atom stereocenters. The van der Waals surface area contributed by atoms with Crippen LogP contribution in [-0.4, -0.2) is 21.7 Å². The number of rotatable bonds is 3. The van der Waals surface area contributed by atoms with E-state index in [2.05, 4.69) is 4.98 Å². The Morgan fingerprint density at radius 2 is 2.12 bits per heavy atom. The number of benzene rings is 1. The summed E-state index contributed by atoms with van der Waals surface area (Å²) >= 11 is 0. The number of hydrogen-bond donors (Lipinski definition) is 2. The molecule has 0 aliphatic rings. The number of carbonyl (C=O) groups is 1. The molecule has 16 heavy (non-hydrogen) atoms. The number of aromatic nitrogens is 1. The highest BCUT2D eigenvalue weighted by molar-refractivity contribution is 5.81. The zero-order valence-corrected chi connectivity index (χ0v) is 9.15. The molecule has 0 spiro atoms. The SMILES string of the molecule is CC(C)(Oc1ccc2[nH]ccc2c1)C(=O)O. The molecule has 0 bridgehead atoms. The Bertz CT molecular complexity index is 528. The Labute approximate surface area is 92.9 Å². The second-order valence-corrected chi connectivity index (χ2v) is 4.14. The van der Waals surface area contributed by atoms with Crippen LogP contribution in [-0.2, 0) is 4.79 Å². The normalized spacial score (nSPS) is 11.6. The topological polar surface area (TPSA) is 62.3 Å². The summed E-state index contributed by atoms with van der Waals surface area (Å²) in [5.74, 6) is -0.429. The van der Waals surface area contributed by atoms with Gasteiger partial charge in [0.05, 0.1) is 0 Å². The van der Waals surface area contributed by atoms with Crippen LogP contribution < -0.4 is 4.74 Å². The molecule has 0 saturated carbocycles. The predicted octanol–water partition coefficient (Wildman–Crippen LogP) is 2.41. The second-order valence-electron chi connectivity index (χ2n) is 4.14. The number of hydrogen-bond acceptors (Lipinski definition) is 2. The highest BCUT2D eigenvalue weighted by Gasteiger charge is 2.29. The van der Waals surface area contributed by atoms with Gasteiger partial charge in [-0.25, -0.2) is 4.79 Å². The third-order valence-electron chi connectivity index (χ3n) is 2.41. The van der Waals surface area contributed by atoms with Gasteiger partial charge in [0.2, 0.25) is 0 Å². The smallest absolute Gasteiger partial charge is 0.347 e. The zero-order chi connectivity index (χ0) is 11.8. The van der Waals surface area contributed by atoms with Crippen molar-refractivity contribution in [3.63, 3.8) is 0 Å². The summed E-state index contributed by atoms with van der Waals surface area (Å²) in [5.41, 5.74) is -0.218. The van der Waals surface area contributed by atoms with Crippen molar-refractivity contribution in [1.82, 2.24) is 4.98 Å². The first kappa shape index (κ1) is 10.5. The molecule has 2 aromatic rings. The molecule has 0 amide bonds. The van der Waals surface area contributed by atoms with Crippen LogP contribution in [0.2, 0.25) is 0 Å². The van der Waals surface area contributed by atoms with Gasteiger partial charge in [-0.05, 0) is 38.1 Å². The van der Waals surface area contributed by atoms with Crippen molar-refractivity contribution in [3.05, 3.63) is 30.5 Å². The van der Waals surface area contributed by atoms with Crippen molar-refractivity contribution in [2.75, 3.05) is 0 Å². The lowest BCUT2D eigenvalue weighted by atomic mass is 10.1. The van der Waals surface area contributed by atoms with Gasteiger partial charge < -0.3 is 14.8 Å². The molecule has 4 heteroatoms. The number of carboxylic acids is 1. The van der Waals surface area contributed by atoms with Crippen LogP contribution in [0.5, 0.6) is 5.75 Å². The van der Waals surface area contributed by atoms with Crippen LogP contribution in [0.15, 0.2) is 30.5 Å². The molecule has 2 N–H and O–H groups in total. The molecule has 0 unspecified atom stereocenters. The summed E-state index contributed by atoms with van der Waals surface area (Å²) in [6.07, 6.45) is 1.83. The molecule has 1 heterocycles. The van der Waals surface area contributed by atoms with E-state index in [9.17, 15) is 4.79 Å². The third kappa shape index (κ3) is 1.86. The number of nitrogens with one attached hydrogen (secondary N) is 1. The van der Waals surface area contributed by atoms with Crippen molar-refractivity contribution in [1.29, 1.82) is 0 Å². The molecule has 4 nitrogen and oxygen atoms in total. The highest BCUT2D eigenvalue weighted by Crippen LogP contribution is 2.23. The van der Waals surface area contributed by atoms with E-state index in [1.54, 1.807) is 6.07 Å². The second kappa shape index (κ2) is 3.56. The average molecular weight is 219 g/mol. The Balaban J connectivity index is 2.30. The van der Waals surface area contributed by atoms with E-state index in [0.29, 0.717) is 5.75 Å². The van der Waals surface area contributed by atoms with Crippen molar-refractivity contribution in [2.45, 2.75) is 19.4 Å². The minimum Gasteiger partial charge on any atom is -0.478 e. The first-order valence-corrected chi connectivity index (χ1v) is 4.98. The van der Waals surface area contributed by atoms with E-state index < -0.39 is 11.6 Å². The Hall–Kier alpha value is -1.97. The monoisotopic (exact) mass is 219 g/mol. The van der Waals surface area contributed by atoms with Crippen LogP contribution in [0, 0.1) is 0 Å². The first-order chi connectivity index (χ1) is 7.49. The molecule has 0 aliphatic carbocycles. The zero-order valence-electron chi connectivity index (χ0n) is 9.15. The van der Waals surface area contributed by atoms with E-state index in [1.807, 2.05) is 24.4 Å². The summed E-state index contributed by atoms with van der Waals surface area (Å²) in [6, 6.07) is 7.35. The lowest BCUT2D eigenvalue weighted by Crippen LogP contribution is -2.37. The Morgan fingerprint density at radius 3 is 2.81 bits per heavy atom. The maximum atomic E-state index is 10.9. The summed E-state index contributed by atoms with van der Waals surface area (Å²) in [4.78, 5) is 14.0. The summed E-state index contributed by atoms with van der Waals surface area (Å²) in [5, 5.41) is 9.94. The lowest BCUT2D eigenvalue weighted by molar-refractivity contribution is -0.152. The van der Waals surface area contributed by atoms with Gasteiger partial charge in [-0.2, -0.15) is 0 Å². The maximum Gasteiger partial charge on any atom is 0.347 e. The maximum absolute atomic E-state index is 10.9. The fourth-order valence-electron chi connectivity index (χ4n) is 1.43. The Morgan fingerprint density at radius 1 is 1.38 bits per heavy atom. The summed E-state index contributed by atoms with van der Waals surface area (Å²) < 4.78 is 5.43. The largest absolute Gasteiger partial charge is 0.478 e. The van der Waals surface area contributed by atoms with Gasteiger partial charge in [-0.15, -0.1) is 0 Å². The average Bonchev–Trinajstić information content (AvgIpc) is 2.63. The molecule has 2 rings (SSSR count). The molecule has 0 fully saturated rings. The molecule has 84 valence electrons. The van der Waals surface area contributed by atoms with Gasteiger partial charge in [-0.3, -0.25) is 0 Å². The van der Waals surface area contributed by atoms with Crippen molar-refractivity contribution in [3.8, 4) is 5.75 Å². The molecule has 1 aromatic carbocycles. The minimum absolute atomic E-state index is 0.555. The number of carboxylic acid groups (broad SMARTS) is 1. The molecule has 0 radical (unpaired) electrons. The van der Waals surface area contributed by atoms with E-state index in [-0.39, 0.29) is 0 Å². The van der Waals surface area contributed by atoms with Gasteiger partial charge in [0, 0.05) is 17.1 Å². The fourth-order valence-corrected chi connectivity index (χ4v) is 1.43. The standard InChI is InChI=1S/C12H13NO3/c1-12(2,11(14)15)16-9-3-4-10-8(7-9)5-6-13-10/h3-7,13H,1-2H3,(H,14,15). The molecular weight excluding hydrogens is 206 g/mol. The van der Waals surface area contributed by atoms with Crippen molar-refractivity contribution >= 4 is 16.9 Å². The minimum atomic E-state index is -1.22. The van der Waals surface area contributed by atoms with E-state index in [0.717, 1.165) is 10.9 Å². The van der Waals surface area contributed by atoms with Crippen LogP contribution >= 0.6 is 0 Å². The fraction of sp³-hybridized carbons (Fsp3) is 0.250. The third-order valence-corrected chi connectivity index (χ3v) is 2.41. The number of aromatic amines is 1. The van der Waals surface area contributed by atoms with E-state index >= 15 is 0 Å². The van der Waals surface area contributed by atoms with Gasteiger partial charge in [-0.1, -0.05) is 0 Å². The van der Waals surface area contributed by atoms with Gasteiger partial charge in [0.15, 0.2) is 5.60 Å². The first-order valence-electron chi connectivity index (χ1n) is 4.98. The number of aliphatic carboxylic acids is 1. The quantitative estimate of drug-likeness (QED) is 0.833. The van der Waals surface area contributed by atoms with Gasteiger partial charge in [0.1, 0.15) is 5.75 Å². The lowest BCUT2D eigenvalue weighted by Gasteiger charge is -2.21. The van der Waals surface area contributed by atoms with Crippen molar-refractivity contribution < 1.29 is 14.6 Å². The molecular formula is C12H13NO3. The van der Waals surface area contributed by atoms with E-state index in [1.165, 1.54) is 13.8 Å². The molecule has 0 saturated heterocycles. The summed E-state index contributed by atoms with van der Waals surface area (Å²) in [6.45, 7) is 3.05. The van der Waals surface area contributed by atoms with Crippen LogP contribution in [0.3, 0.4) is 0 Å². The van der Waals surface area contributed by atoms with Crippen LogP contribution in [0.4, 0.5) is 0 Å². The van der Waals surface area contributed by atoms with Gasteiger partial charge in [0.25, 0.3) is 0 Å². The van der Waals surface area contributed by atoms with Crippen molar-refractivity contribution in [2.24, 2.45) is 0 Å².